The first-order valence-corrected chi connectivity index (χ1v) is 15.8. The van der Waals surface area contributed by atoms with E-state index in [1.807, 2.05) is 0 Å². The molecule has 0 spiro atoms. The van der Waals surface area contributed by atoms with Crippen LogP contribution in [0.3, 0.4) is 0 Å². The number of nitrogens with zero attached hydrogens (tertiary/aromatic N) is 1. The van der Waals surface area contributed by atoms with Crippen LogP contribution in [0.2, 0.25) is 0 Å². The monoisotopic (exact) mass is 595 g/mol. The van der Waals surface area contributed by atoms with Crippen LogP contribution in [0.5, 0.6) is 11.5 Å². The van der Waals surface area contributed by atoms with Crippen molar-refractivity contribution >= 4 is 17.8 Å². The molecule has 9 nitrogen and oxygen atoms in total. The Morgan fingerprint density at radius 3 is 2.53 bits per heavy atom. The van der Waals surface area contributed by atoms with E-state index in [-0.39, 0.29) is 70.7 Å². The van der Waals surface area contributed by atoms with Crippen molar-refractivity contribution in [3.05, 3.63) is 23.5 Å². The number of ether oxygens (including phenoxy) is 3. The number of hydrogen-bond acceptors (Lipinski definition) is 7. The zero-order valence-electron chi connectivity index (χ0n) is 25.2. The SMILES string of the molecule is CCOC(=O)[C@]12CC[C@@H](Oc3cc(C(=O)N[C@@H]4[C@H]5CC[C@H](C5)[C@@H]4C(=O)NCC4(C)CCC4)c(OC)cc3F)CC1C2C#N. The zero-order valence-corrected chi connectivity index (χ0v) is 25.2. The fourth-order valence-electron chi connectivity index (χ4n) is 8.60. The molecular weight excluding hydrogens is 553 g/mol. The maximum absolute atomic E-state index is 15.2. The number of benzene rings is 1. The molecule has 5 saturated carbocycles. The van der Waals surface area contributed by atoms with Crippen molar-refractivity contribution in [2.24, 2.45) is 40.4 Å². The van der Waals surface area contributed by atoms with E-state index >= 15 is 4.39 Å². The Hall–Kier alpha value is -3.35. The summed E-state index contributed by atoms with van der Waals surface area (Å²) in [6.45, 7) is 4.85. The van der Waals surface area contributed by atoms with Gasteiger partial charge in [0.25, 0.3) is 5.91 Å². The van der Waals surface area contributed by atoms with Crippen LogP contribution in [-0.2, 0) is 14.3 Å². The third kappa shape index (κ3) is 5.12. The van der Waals surface area contributed by atoms with Gasteiger partial charge in [0.05, 0.1) is 48.7 Å². The second-order valence-corrected chi connectivity index (χ2v) is 13.7. The zero-order chi connectivity index (χ0) is 30.5. The molecule has 0 aliphatic heterocycles. The maximum Gasteiger partial charge on any atom is 0.313 e. The topological polar surface area (TPSA) is 127 Å². The number of hydrogen-bond donors (Lipinski definition) is 2. The molecule has 1 aromatic rings. The predicted octanol–water partition coefficient (Wildman–Crippen LogP) is 4.54. The Labute approximate surface area is 252 Å². The van der Waals surface area contributed by atoms with Crippen molar-refractivity contribution in [2.45, 2.75) is 83.8 Å². The number of amides is 2. The van der Waals surface area contributed by atoms with Crippen molar-refractivity contribution in [1.29, 1.82) is 5.26 Å². The van der Waals surface area contributed by atoms with Crippen LogP contribution in [-0.4, -0.2) is 50.2 Å². The van der Waals surface area contributed by atoms with Gasteiger partial charge in [0.1, 0.15) is 5.75 Å². The first kappa shape index (κ1) is 29.7. The number of halogens is 1. The van der Waals surface area contributed by atoms with Crippen molar-refractivity contribution in [1.82, 2.24) is 10.6 Å². The summed E-state index contributed by atoms with van der Waals surface area (Å²) < 4.78 is 31.9. The van der Waals surface area contributed by atoms with Gasteiger partial charge < -0.3 is 24.8 Å². The minimum atomic E-state index is -0.798. The van der Waals surface area contributed by atoms with Crippen molar-refractivity contribution < 1.29 is 33.0 Å². The molecule has 2 bridgehead atoms. The molecular formula is C33H42FN3O6. The number of fused-ring (bicyclic) bond motifs is 3. The number of carbonyl (C=O) groups is 3. The van der Waals surface area contributed by atoms with Gasteiger partial charge in [-0.25, -0.2) is 4.39 Å². The van der Waals surface area contributed by atoms with Crippen molar-refractivity contribution in [2.75, 3.05) is 20.3 Å². The fraction of sp³-hybridized carbons (Fsp3) is 0.697. The normalized spacial score (nSPS) is 34.6. The van der Waals surface area contributed by atoms with Crippen LogP contribution < -0.4 is 20.1 Å². The molecule has 0 radical (unpaired) electrons. The van der Waals surface area contributed by atoms with Crippen LogP contribution in [0, 0.1) is 57.6 Å². The van der Waals surface area contributed by atoms with Crippen molar-refractivity contribution in [3.63, 3.8) is 0 Å². The summed E-state index contributed by atoms with van der Waals surface area (Å²) in [6, 6.07) is 4.46. The van der Waals surface area contributed by atoms with Gasteiger partial charge in [-0.1, -0.05) is 13.3 Å². The van der Waals surface area contributed by atoms with Gasteiger partial charge in [0.2, 0.25) is 5.91 Å². The summed E-state index contributed by atoms with van der Waals surface area (Å²) in [5.74, 6) is -1.89. The van der Waals surface area contributed by atoms with E-state index in [4.69, 9.17) is 14.2 Å². The average molecular weight is 596 g/mol. The van der Waals surface area contributed by atoms with Gasteiger partial charge in [-0.3, -0.25) is 14.4 Å². The van der Waals surface area contributed by atoms with Crippen LogP contribution >= 0.6 is 0 Å². The standard InChI is InChI=1S/C33H42FN3O6/c1-4-42-31(40)33-11-8-20(13-22(33)23(33)16-35)43-26-14-21(25(41-3)15-24(26)34)29(38)37-28-19-7-6-18(12-19)27(28)30(39)36-17-32(2)9-5-10-32/h14-15,18-20,22-23,27-28H,4-13,17H2,1-3H3,(H,36,39)(H,37,38)/t18-,19+,20-,22?,23?,27+,28-,33-/m1/s1. The summed E-state index contributed by atoms with van der Waals surface area (Å²) in [7, 11) is 1.38. The molecule has 2 amide bonds. The Morgan fingerprint density at radius 1 is 1.09 bits per heavy atom. The molecule has 0 saturated heterocycles. The largest absolute Gasteiger partial charge is 0.496 e. The summed E-state index contributed by atoms with van der Waals surface area (Å²) in [4.78, 5) is 39.7. The van der Waals surface area contributed by atoms with Crippen LogP contribution in [0.25, 0.3) is 0 Å². The molecule has 43 heavy (non-hydrogen) atoms. The van der Waals surface area contributed by atoms with Gasteiger partial charge >= 0.3 is 5.97 Å². The number of methoxy groups -OCH3 is 1. The smallest absolute Gasteiger partial charge is 0.313 e. The molecule has 232 valence electrons. The Kier molecular flexibility index (Phi) is 7.80. The molecule has 5 aliphatic carbocycles. The van der Waals surface area contributed by atoms with E-state index in [9.17, 15) is 19.6 Å². The number of esters is 1. The lowest BCUT2D eigenvalue weighted by Gasteiger charge is -2.39. The number of nitrogens with one attached hydrogen (secondary N) is 2. The van der Waals surface area contributed by atoms with Crippen molar-refractivity contribution in [3.8, 4) is 17.6 Å². The van der Waals surface area contributed by atoms with E-state index in [1.54, 1.807) is 6.92 Å². The maximum atomic E-state index is 15.2. The molecule has 6 rings (SSSR count). The summed E-state index contributed by atoms with van der Waals surface area (Å²) in [6.07, 6.45) is 7.18. The highest BCUT2D eigenvalue weighted by Crippen LogP contribution is 2.67. The molecule has 10 heteroatoms. The highest BCUT2D eigenvalue weighted by Gasteiger charge is 2.72. The summed E-state index contributed by atoms with van der Waals surface area (Å²) in [5, 5.41) is 15.9. The number of carbonyl (C=O) groups excluding carboxylic acids is 3. The third-order valence-corrected chi connectivity index (χ3v) is 11.3. The van der Waals surface area contributed by atoms with Crippen LogP contribution in [0.4, 0.5) is 4.39 Å². The lowest BCUT2D eigenvalue weighted by Crippen LogP contribution is -2.51. The molecule has 0 heterocycles. The minimum Gasteiger partial charge on any atom is -0.496 e. The number of nitriles is 1. The molecule has 2 N–H and O–H groups in total. The fourth-order valence-corrected chi connectivity index (χ4v) is 8.60. The minimum absolute atomic E-state index is 0.00709. The first-order valence-electron chi connectivity index (χ1n) is 15.8. The Balaban J connectivity index is 1.15. The van der Waals surface area contributed by atoms with E-state index in [1.165, 1.54) is 19.6 Å². The van der Waals surface area contributed by atoms with E-state index in [2.05, 4.69) is 23.6 Å². The Morgan fingerprint density at radius 2 is 1.86 bits per heavy atom. The molecule has 2 unspecified atom stereocenters. The quantitative estimate of drug-likeness (QED) is 0.381. The first-order chi connectivity index (χ1) is 20.6. The van der Waals surface area contributed by atoms with Gasteiger partial charge in [0.15, 0.2) is 11.6 Å². The average Bonchev–Trinajstić information content (AvgIpc) is 3.21. The van der Waals surface area contributed by atoms with Crippen LogP contribution in [0.1, 0.15) is 82.0 Å². The second-order valence-electron chi connectivity index (χ2n) is 13.7. The van der Waals surface area contributed by atoms with Crippen LogP contribution in [0.15, 0.2) is 12.1 Å². The molecule has 5 aliphatic rings. The lowest BCUT2D eigenvalue weighted by molar-refractivity contribution is -0.152. The van der Waals surface area contributed by atoms with E-state index in [0.29, 0.717) is 25.8 Å². The third-order valence-electron chi connectivity index (χ3n) is 11.3. The number of rotatable bonds is 10. The van der Waals surface area contributed by atoms with E-state index in [0.717, 1.165) is 38.2 Å². The second kappa shape index (κ2) is 11.3. The molecule has 1 aromatic carbocycles. The molecule has 0 aromatic heterocycles. The highest BCUT2D eigenvalue weighted by molar-refractivity contribution is 5.98. The van der Waals surface area contributed by atoms with E-state index < -0.39 is 29.2 Å². The predicted molar refractivity (Wildman–Crippen MR) is 153 cm³/mol. The van der Waals surface area contributed by atoms with Gasteiger partial charge in [0, 0.05) is 18.7 Å². The lowest BCUT2D eigenvalue weighted by atomic mass is 9.70. The Bertz CT molecular complexity index is 1340. The van der Waals surface area contributed by atoms with Gasteiger partial charge in [-0.05, 0) is 87.5 Å². The van der Waals surface area contributed by atoms with Gasteiger partial charge in [-0.2, -0.15) is 5.26 Å². The highest BCUT2D eigenvalue weighted by atomic mass is 19.1. The summed E-state index contributed by atoms with van der Waals surface area (Å²) >= 11 is 0. The molecule has 8 atom stereocenters. The molecule has 5 fully saturated rings. The summed E-state index contributed by atoms with van der Waals surface area (Å²) in [5.41, 5.74) is -0.495. The van der Waals surface area contributed by atoms with Gasteiger partial charge in [-0.15, -0.1) is 0 Å².